The lowest BCUT2D eigenvalue weighted by Crippen LogP contribution is -2.33. The Morgan fingerprint density at radius 3 is 2.59 bits per heavy atom. The number of para-hydroxylation sites is 2. The Kier molecular flexibility index (Phi) is 6.47. The molecule has 1 saturated carbocycles. The van der Waals surface area contributed by atoms with Crippen molar-refractivity contribution < 1.29 is 9.59 Å². The Bertz CT molecular complexity index is 848. The third-order valence-electron chi connectivity index (χ3n) is 6.34. The van der Waals surface area contributed by atoms with Gasteiger partial charge in [0.15, 0.2) is 0 Å². The summed E-state index contributed by atoms with van der Waals surface area (Å²) in [6.07, 6.45) is 9.46. The van der Waals surface area contributed by atoms with Crippen LogP contribution in [0.4, 0.5) is 0 Å². The molecular formula is C23H32N4O2. The molecule has 2 aliphatic rings. The minimum atomic E-state index is 0.178. The third kappa shape index (κ3) is 4.80. The van der Waals surface area contributed by atoms with Gasteiger partial charge in [0.1, 0.15) is 12.4 Å². The molecular weight excluding hydrogens is 364 g/mol. The van der Waals surface area contributed by atoms with Crippen molar-refractivity contribution in [1.29, 1.82) is 0 Å². The molecule has 1 aliphatic carbocycles. The van der Waals surface area contributed by atoms with Crippen LogP contribution in [-0.2, 0) is 22.6 Å². The molecule has 0 atom stereocenters. The van der Waals surface area contributed by atoms with Crippen molar-refractivity contribution in [2.45, 2.75) is 64.3 Å². The van der Waals surface area contributed by atoms with Crippen LogP contribution in [0.15, 0.2) is 24.3 Å². The van der Waals surface area contributed by atoms with E-state index in [1.165, 1.54) is 19.3 Å². The zero-order chi connectivity index (χ0) is 20.1. The first kappa shape index (κ1) is 19.9. The predicted molar refractivity (Wildman–Crippen MR) is 113 cm³/mol. The molecule has 1 aromatic carbocycles. The number of hydrogen-bond acceptors (Lipinski definition) is 3. The van der Waals surface area contributed by atoms with Gasteiger partial charge in [0.2, 0.25) is 11.8 Å². The highest BCUT2D eigenvalue weighted by Crippen LogP contribution is 2.23. The molecule has 2 fully saturated rings. The van der Waals surface area contributed by atoms with Crippen molar-refractivity contribution >= 4 is 22.8 Å². The van der Waals surface area contributed by atoms with Crippen LogP contribution >= 0.6 is 0 Å². The number of likely N-dealkylation sites (tertiary alicyclic amines) is 1. The largest absolute Gasteiger partial charge is 0.356 e. The molecule has 0 unspecified atom stereocenters. The van der Waals surface area contributed by atoms with Gasteiger partial charge in [-0.05, 0) is 44.2 Å². The van der Waals surface area contributed by atoms with Crippen molar-refractivity contribution in [1.82, 2.24) is 19.8 Å². The SMILES string of the molecule is O=C(NCCCc1nc2ccccc2n1CC(=O)N1CCCC1)C1CCCCC1. The number of imidazole rings is 1. The summed E-state index contributed by atoms with van der Waals surface area (Å²) in [6, 6.07) is 8.01. The van der Waals surface area contributed by atoms with Crippen LogP contribution in [0.2, 0.25) is 0 Å². The highest BCUT2D eigenvalue weighted by Gasteiger charge is 2.22. The summed E-state index contributed by atoms with van der Waals surface area (Å²) >= 11 is 0. The normalized spacial score (nSPS) is 17.7. The maximum absolute atomic E-state index is 12.7. The van der Waals surface area contributed by atoms with Crippen molar-refractivity contribution in [3.8, 4) is 0 Å². The van der Waals surface area contributed by atoms with E-state index in [0.29, 0.717) is 13.1 Å². The molecule has 0 bridgehead atoms. The second-order valence-electron chi connectivity index (χ2n) is 8.42. The van der Waals surface area contributed by atoms with Gasteiger partial charge in [0.05, 0.1) is 11.0 Å². The lowest BCUT2D eigenvalue weighted by atomic mass is 9.89. The van der Waals surface area contributed by atoms with E-state index in [2.05, 4.69) is 9.88 Å². The first-order chi connectivity index (χ1) is 14.2. The van der Waals surface area contributed by atoms with E-state index in [9.17, 15) is 9.59 Å². The standard InChI is InChI=1S/C23H32N4O2/c28-22(26-15-6-7-16-26)17-27-20-12-5-4-11-19(20)25-21(27)13-8-14-24-23(29)18-9-2-1-3-10-18/h4-5,11-12,18H,1-3,6-10,13-17H2,(H,24,29). The van der Waals surface area contributed by atoms with Crippen LogP contribution in [0.25, 0.3) is 11.0 Å². The Hall–Kier alpha value is -2.37. The molecule has 1 N–H and O–H groups in total. The number of amides is 2. The maximum atomic E-state index is 12.7. The van der Waals surface area contributed by atoms with E-state index in [-0.39, 0.29) is 17.7 Å². The number of fused-ring (bicyclic) bond motifs is 1. The van der Waals surface area contributed by atoms with Gasteiger partial charge in [-0.3, -0.25) is 9.59 Å². The summed E-state index contributed by atoms with van der Waals surface area (Å²) in [4.78, 5) is 31.8. The summed E-state index contributed by atoms with van der Waals surface area (Å²) in [5, 5.41) is 3.11. The quantitative estimate of drug-likeness (QED) is 0.731. The van der Waals surface area contributed by atoms with E-state index in [1.54, 1.807) is 0 Å². The van der Waals surface area contributed by atoms with E-state index in [4.69, 9.17) is 4.98 Å². The molecule has 4 rings (SSSR count). The Balaban J connectivity index is 1.37. The number of rotatable bonds is 7. The molecule has 0 spiro atoms. The number of nitrogens with one attached hydrogen (secondary N) is 1. The van der Waals surface area contributed by atoms with Gasteiger partial charge in [-0.25, -0.2) is 4.98 Å². The number of nitrogens with zero attached hydrogens (tertiary/aromatic N) is 3. The summed E-state index contributed by atoms with van der Waals surface area (Å²) in [5.74, 6) is 1.52. The monoisotopic (exact) mass is 396 g/mol. The molecule has 6 heteroatoms. The summed E-state index contributed by atoms with van der Waals surface area (Å²) in [7, 11) is 0. The van der Waals surface area contributed by atoms with Gasteiger partial charge >= 0.3 is 0 Å². The molecule has 1 aliphatic heterocycles. The van der Waals surface area contributed by atoms with Gasteiger partial charge < -0.3 is 14.8 Å². The van der Waals surface area contributed by atoms with E-state index in [0.717, 1.165) is 68.5 Å². The van der Waals surface area contributed by atoms with Gasteiger partial charge in [0.25, 0.3) is 0 Å². The molecule has 2 amide bonds. The molecule has 29 heavy (non-hydrogen) atoms. The van der Waals surface area contributed by atoms with Crippen molar-refractivity contribution in [2.75, 3.05) is 19.6 Å². The number of aromatic nitrogens is 2. The Morgan fingerprint density at radius 1 is 1.03 bits per heavy atom. The minimum absolute atomic E-state index is 0.178. The number of carbonyl (C=O) groups is 2. The summed E-state index contributed by atoms with van der Waals surface area (Å²) < 4.78 is 2.07. The van der Waals surface area contributed by atoms with E-state index in [1.807, 2.05) is 29.2 Å². The van der Waals surface area contributed by atoms with Gasteiger partial charge in [-0.2, -0.15) is 0 Å². The average Bonchev–Trinajstić information content (AvgIpc) is 3.41. The van der Waals surface area contributed by atoms with Crippen molar-refractivity contribution in [3.63, 3.8) is 0 Å². The molecule has 1 aromatic heterocycles. The van der Waals surface area contributed by atoms with Crippen LogP contribution in [0.5, 0.6) is 0 Å². The number of hydrogen-bond donors (Lipinski definition) is 1. The highest BCUT2D eigenvalue weighted by molar-refractivity contribution is 5.81. The predicted octanol–water partition coefficient (Wildman–Crippen LogP) is 3.29. The van der Waals surface area contributed by atoms with Crippen LogP contribution in [0, 0.1) is 5.92 Å². The smallest absolute Gasteiger partial charge is 0.242 e. The lowest BCUT2D eigenvalue weighted by Gasteiger charge is -2.20. The first-order valence-corrected chi connectivity index (χ1v) is 11.2. The fourth-order valence-corrected chi connectivity index (χ4v) is 4.66. The highest BCUT2D eigenvalue weighted by atomic mass is 16.2. The van der Waals surface area contributed by atoms with Gasteiger partial charge in [-0.15, -0.1) is 0 Å². The zero-order valence-corrected chi connectivity index (χ0v) is 17.2. The summed E-state index contributed by atoms with van der Waals surface area (Å²) in [6.45, 7) is 2.75. The Labute approximate surface area is 172 Å². The van der Waals surface area contributed by atoms with Crippen LogP contribution in [0.3, 0.4) is 0 Å². The van der Waals surface area contributed by atoms with E-state index >= 15 is 0 Å². The number of benzene rings is 1. The molecule has 1 saturated heterocycles. The van der Waals surface area contributed by atoms with Gasteiger partial charge in [-0.1, -0.05) is 31.4 Å². The second-order valence-corrected chi connectivity index (χ2v) is 8.42. The molecule has 2 aromatic rings. The third-order valence-corrected chi connectivity index (χ3v) is 6.34. The van der Waals surface area contributed by atoms with Crippen molar-refractivity contribution in [2.24, 2.45) is 5.92 Å². The number of carbonyl (C=O) groups excluding carboxylic acids is 2. The van der Waals surface area contributed by atoms with Crippen LogP contribution in [0.1, 0.15) is 57.2 Å². The fourth-order valence-electron chi connectivity index (χ4n) is 4.66. The first-order valence-electron chi connectivity index (χ1n) is 11.2. The molecule has 0 radical (unpaired) electrons. The minimum Gasteiger partial charge on any atom is -0.356 e. The van der Waals surface area contributed by atoms with Crippen LogP contribution in [-0.4, -0.2) is 45.9 Å². The van der Waals surface area contributed by atoms with E-state index < -0.39 is 0 Å². The summed E-state index contributed by atoms with van der Waals surface area (Å²) in [5.41, 5.74) is 1.95. The number of aryl methyl sites for hydroxylation is 1. The zero-order valence-electron chi connectivity index (χ0n) is 17.2. The topological polar surface area (TPSA) is 67.2 Å². The fraction of sp³-hybridized carbons (Fsp3) is 0.609. The lowest BCUT2D eigenvalue weighted by molar-refractivity contribution is -0.130. The second kappa shape index (κ2) is 9.42. The average molecular weight is 397 g/mol. The molecule has 156 valence electrons. The molecule has 6 nitrogen and oxygen atoms in total. The van der Waals surface area contributed by atoms with Crippen molar-refractivity contribution in [3.05, 3.63) is 30.1 Å². The Morgan fingerprint density at radius 2 is 1.79 bits per heavy atom. The molecule has 2 heterocycles. The van der Waals surface area contributed by atoms with Crippen LogP contribution < -0.4 is 5.32 Å². The van der Waals surface area contributed by atoms with Gasteiger partial charge in [0, 0.05) is 32.0 Å². The maximum Gasteiger partial charge on any atom is 0.242 e.